The highest BCUT2D eigenvalue weighted by Gasteiger charge is 2.65. The second-order valence-electron chi connectivity index (χ2n) is 5.23. The molecule has 0 radical (unpaired) electrons. The summed E-state index contributed by atoms with van der Waals surface area (Å²) in [5, 5.41) is 12.2. The number of rotatable bonds is 3. The van der Waals surface area contributed by atoms with E-state index >= 15 is 0 Å². The number of anilines is 1. The summed E-state index contributed by atoms with van der Waals surface area (Å²) in [6, 6.07) is 5.28. The van der Waals surface area contributed by atoms with Gasteiger partial charge in [0.2, 0.25) is 5.91 Å². The maximum Gasteiger partial charge on any atom is 0.307 e. The molecule has 4 nitrogen and oxygen atoms in total. The molecule has 102 valence electrons. The van der Waals surface area contributed by atoms with Crippen LogP contribution in [0.25, 0.3) is 0 Å². The van der Waals surface area contributed by atoms with E-state index in [1.165, 1.54) is 0 Å². The normalized spacial score (nSPS) is 23.8. The van der Waals surface area contributed by atoms with E-state index in [1.54, 1.807) is 26.0 Å². The fourth-order valence-electron chi connectivity index (χ4n) is 2.39. The molecule has 2 atom stereocenters. The molecular weight excluding hydrogens is 381 g/mol. The molecule has 1 aromatic carbocycles. The molecule has 6 heteroatoms. The lowest BCUT2D eigenvalue weighted by atomic mass is 10.1. The Labute approximate surface area is 129 Å². The fourth-order valence-corrected chi connectivity index (χ4v) is 3.29. The summed E-state index contributed by atoms with van der Waals surface area (Å²) in [5.74, 6) is -2.37. The van der Waals surface area contributed by atoms with E-state index in [-0.39, 0.29) is 5.91 Å². The third-order valence-corrected chi connectivity index (χ3v) is 4.55. The monoisotopic (exact) mass is 393 g/mol. The molecule has 0 bridgehead atoms. The molecule has 1 aliphatic carbocycles. The average Bonchev–Trinajstić information content (AvgIpc) is 2.86. The van der Waals surface area contributed by atoms with Crippen molar-refractivity contribution in [2.45, 2.75) is 13.8 Å². The Bertz CT molecular complexity index is 559. The highest BCUT2D eigenvalue weighted by Crippen LogP contribution is 2.58. The number of carboxylic acids is 1. The number of hydrogen-bond donors (Lipinski definition) is 2. The molecular formula is C13H13ClINO3. The molecule has 1 aromatic rings. The first kappa shape index (κ1) is 14.6. The first-order valence-electron chi connectivity index (χ1n) is 5.74. The van der Waals surface area contributed by atoms with Crippen molar-refractivity contribution >= 4 is 51.8 Å². The molecule has 0 heterocycles. The van der Waals surface area contributed by atoms with E-state index in [2.05, 4.69) is 27.9 Å². The Morgan fingerprint density at radius 2 is 2.00 bits per heavy atom. The van der Waals surface area contributed by atoms with Crippen molar-refractivity contribution in [3.05, 3.63) is 26.8 Å². The lowest BCUT2D eigenvalue weighted by Crippen LogP contribution is -2.18. The lowest BCUT2D eigenvalue weighted by Gasteiger charge is -2.08. The van der Waals surface area contributed by atoms with Crippen LogP contribution in [0.15, 0.2) is 18.2 Å². The smallest absolute Gasteiger partial charge is 0.307 e. The first-order valence-corrected chi connectivity index (χ1v) is 7.19. The van der Waals surface area contributed by atoms with E-state index in [0.29, 0.717) is 10.7 Å². The zero-order chi connectivity index (χ0) is 14.4. The summed E-state index contributed by atoms with van der Waals surface area (Å²) < 4.78 is 0.968. The van der Waals surface area contributed by atoms with Crippen molar-refractivity contribution in [1.82, 2.24) is 0 Å². The van der Waals surface area contributed by atoms with Crippen LogP contribution in [0, 0.1) is 20.8 Å². The molecule has 0 aliphatic heterocycles. The Balaban J connectivity index is 2.13. The van der Waals surface area contributed by atoms with Gasteiger partial charge < -0.3 is 10.4 Å². The van der Waals surface area contributed by atoms with Crippen LogP contribution in [0.3, 0.4) is 0 Å². The van der Waals surface area contributed by atoms with Crippen molar-refractivity contribution in [1.29, 1.82) is 0 Å². The molecule has 2 N–H and O–H groups in total. The van der Waals surface area contributed by atoms with Crippen LogP contribution in [-0.4, -0.2) is 17.0 Å². The summed E-state index contributed by atoms with van der Waals surface area (Å²) >= 11 is 8.16. The van der Waals surface area contributed by atoms with Gasteiger partial charge in [-0.3, -0.25) is 9.59 Å². The fraction of sp³-hybridized carbons (Fsp3) is 0.385. The highest BCUT2D eigenvalue weighted by molar-refractivity contribution is 14.1. The van der Waals surface area contributed by atoms with Crippen LogP contribution in [0.4, 0.5) is 5.69 Å². The third-order valence-electron chi connectivity index (χ3n) is 3.56. The number of hydrogen-bond acceptors (Lipinski definition) is 2. The summed E-state index contributed by atoms with van der Waals surface area (Å²) in [6.07, 6.45) is 0. The van der Waals surface area contributed by atoms with Gasteiger partial charge in [-0.1, -0.05) is 25.4 Å². The molecule has 2 rings (SSSR count). The molecule has 1 saturated carbocycles. The zero-order valence-electron chi connectivity index (χ0n) is 10.4. The minimum Gasteiger partial charge on any atom is -0.481 e. The van der Waals surface area contributed by atoms with Gasteiger partial charge in [0.25, 0.3) is 0 Å². The Kier molecular flexibility index (Phi) is 3.79. The van der Waals surface area contributed by atoms with Crippen LogP contribution >= 0.6 is 34.2 Å². The Hall–Kier alpha value is -0.820. The molecule has 0 unspecified atom stereocenters. The van der Waals surface area contributed by atoms with Gasteiger partial charge in [-0.05, 0) is 46.2 Å². The lowest BCUT2D eigenvalue weighted by molar-refractivity contribution is -0.140. The number of benzene rings is 1. The standard InChI is InChI=1S/C13H13ClINO3/c1-13(2)9(10(13)12(18)19)11(17)16-8-4-3-6(15)5-7(8)14/h3-5,9-10H,1-2H3,(H,16,17)(H,18,19)/t9-,10+/m1/s1. The molecule has 1 fully saturated rings. The Morgan fingerprint density at radius 1 is 1.37 bits per heavy atom. The number of carbonyl (C=O) groups is 2. The largest absolute Gasteiger partial charge is 0.481 e. The predicted octanol–water partition coefficient (Wildman–Crippen LogP) is 3.24. The van der Waals surface area contributed by atoms with Crippen molar-refractivity contribution < 1.29 is 14.7 Å². The van der Waals surface area contributed by atoms with Crippen molar-refractivity contribution in [3.63, 3.8) is 0 Å². The SMILES string of the molecule is CC1(C)[C@H](C(=O)O)[C@@H]1C(=O)Nc1ccc(I)cc1Cl. The van der Waals surface area contributed by atoms with E-state index in [4.69, 9.17) is 16.7 Å². The number of carbonyl (C=O) groups excluding carboxylic acids is 1. The average molecular weight is 394 g/mol. The van der Waals surface area contributed by atoms with Gasteiger partial charge in [-0.15, -0.1) is 0 Å². The number of nitrogens with one attached hydrogen (secondary N) is 1. The molecule has 1 amide bonds. The summed E-state index contributed by atoms with van der Waals surface area (Å²) in [7, 11) is 0. The minimum atomic E-state index is -0.932. The van der Waals surface area contributed by atoms with Gasteiger partial charge >= 0.3 is 5.97 Å². The van der Waals surface area contributed by atoms with Gasteiger partial charge in [0.15, 0.2) is 0 Å². The topological polar surface area (TPSA) is 66.4 Å². The highest BCUT2D eigenvalue weighted by atomic mass is 127. The van der Waals surface area contributed by atoms with Crippen LogP contribution in [0.1, 0.15) is 13.8 Å². The van der Waals surface area contributed by atoms with E-state index < -0.39 is 23.2 Å². The van der Waals surface area contributed by atoms with Gasteiger partial charge in [0.1, 0.15) is 0 Å². The maximum atomic E-state index is 12.1. The number of carboxylic acid groups (broad SMARTS) is 1. The van der Waals surface area contributed by atoms with Crippen LogP contribution in [-0.2, 0) is 9.59 Å². The third kappa shape index (κ3) is 2.72. The maximum absolute atomic E-state index is 12.1. The Morgan fingerprint density at radius 3 is 2.47 bits per heavy atom. The molecule has 0 saturated heterocycles. The minimum absolute atomic E-state index is 0.291. The second-order valence-corrected chi connectivity index (χ2v) is 6.88. The van der Waals surface area contributed by atoms with Crippen molar-refractivity contribution in [2.75, 3.05) is 5.32 Å². The zero-order valence-corrected chi connectivity index (χ0v) is 13.3. The summed E-state index contributed by atoms with van der Waals surface area (Å²) in [4.78, 5) is 23.2. The predicted molar refractivity (Wildman–Crippen MR) is 81.2 cm³/mol. The number of aliphatic carboxylic acids is 1. The van der Waals surface area contributed by atoms with Crippen molar-refractivity contribution in [2.24, 2.45) is 17.3 Å². The first-order chi connectivity index (χ1) is 8.75. The molecule has 0 aromatic heterocycles. The van der Waals surface area contributed by atoms with Crippen molar-refractivity contribution in [3.8, 4) is 0 Å². The second kappa shape index (κ2) is 4.94. The molecule has 0 spiro atoms. The van der Waals surface area contributed by atoms with Gasteiger partial charge in [-0.25, -0.2) is 0 Å². The number of amides is 1. The van der Waals surface area contributed by atoms with E-state index in [0.717, 1.165) is 3.57 Å². The van der Waals surface area contributed by atoms with E-state index in [1.807, 2.05) is 6.07 Å². The van der Waals surface area contributed by atoms with Gasteiger partial charge in [0, 0.05) is 3.57 Å². The van der Waals surface area contributed by atoms with Crippen LogP contribution < -0.4 is 5.32 Å². The van der Waals surface area contributed by atoms with Gasteiger partial charge in [-0.2, -0.15) is 0 Å². The van der Waals surface area contributed by atoms with Crippen LogP contribution in [0.2, 0.25) is 5.02 Å². The summed E-state index contributed by atoms with van der Waals surface area (Å²) in [6.45, 7) is 3.57. The number of halogens is 2. The molecule has 1 aliphatic rings. The van der Waals surface area contributed by atoms with Crippen LogP contribution in [0.5, 0.6) is 0 Å². The summed E-state index contributed by atoms with van der Waals surface area (Å²) in [5.41, 5.74) is 0.00455. The van der Waals surface area contributed by atoms with E-state index in [9.17, 15) is 9.59 Å². The molecule has 19 heavy (non-hydrogen) atoms. The quantitative estimate of drug-likeness (QED) is 0.775. The van der Waals surface area contributed by atoms with Gasteiger partial charge in [0.05, 0.1) is 22.5 Å².